The zero-order valence-electron chi connectivity index (χ0n) is 13.0. The fraction of sp³-hybridized carbons (Fsp3) is 0.467. The summed E-state index contributed by atoms with van der Waals surface area (Å²) >= 11 is 0. The molecule has 3 atom stereocenters. The molecular formula is C15H21N5O2. The lowest BCUT2D eigenvalue weighted by molar-refractivity contribution is -0.125. The molecule has 0 saturated carbocycles. The molecule has 3 unspecified atom stereocenters. The lowest BCUT2D eigenvalue weighted by atomic mass is 10.0. The van der Waals surface area contributed by atoms with Crippen LogP contribution in [0.1, 0.15) is 26.8 Å². The first-order valence-corrected chi connectivity index (χ1v) is 7.29. The van der Waals surface area contributed by atoms with Crippen molar-refractivity contribution in [3.8, 4) is 11.4 Å². The van der Waals surface area contributed by atoms with E-state index in [4.69, 9.17) is 5.11 Å². The number of benzene rings is 1. The van der Waals surface area contributed by atoms with E-state index in [0.717, 1.165) is 5.56 Å². The number of amides is 1. The van der Waals surface area contributed by atoms with E-state index in [1.807, 2.05) is 44.2 Å². The van der Waals surface area contributed by atoms with Gasteiger partial charge in [0, 0.05) is 18.2 Å². The third kappa shape index (κ3) is 3.67. The highest BCUT2D eigenvalue weighted by Crippen LogP contribution is 2.13. The monoisotopic (exact) mass is 303 g/mol. The van der Waals surface area contributed by atoms with Crippen LogP contribution in [-0.2, 0) is 4.79 Å². The molecule has 0 saturated heterocycles. The zero-order chi connectivity index (χ0) is 16.1. The minimum Gasteiger partial charge on any atom is -0.396 e. The van der Waals surface area contributed by atoms with Crippen LogP contribution in [0.2, 0.25) is 0 Å². The van der Waals surface area contributed by atoms with Crippen LogP contribution in [0.15, 0.2) is 30.3 Å². The zero-order valence-corrected chi connectivity index (χ0v) is 13.0. The average Bonchev–Trinajstić information content (AvgIpc) is 3.03. The van der Waals surface area contributed by atoms with Gasteiger partial charge in [0.25, 0.3) is 0 Å². The molecular weight excluding hydrogens is 282 g/mol. The van der Waals surface area contributed by atoms with Crippen molar-refractivity contribution in [3.63, 3.8) is 0 Å². The molecule has 0 bridgehead atoms. The standard InChI is InChI=1S/C15H21N5O2/c1-10(9-21)11(2)16-15(22)12(3)20-18-14(17-19-20)13-7-5-4-6-8-13/h4-8,10-12,21H,9H2,1-3H3,(H,16,22). The molecule has 0 aliphatic rings. The van der Waals surface area contributed by atoms with Crippen LogP contribution in [0.4, 0.5) is 0 Å². The lowest BCUT2D eigenvalue weighted by Gasteiger charge is -2.21. The van der Waals surface area contributed by atoms with Gasteiger partial charge in [-0.05, 0) is 25.0 Å². The number of carbonyl (C=O) groups is 1. The molecule has 7 heteroatoms. The molecule has 1 aromatic heterocycles. The number of aromatic nitrogens is 4. The van der Waals surface area contributed by atoms with Gasteiger partial charge in [-0.25, -0.2) is 0 Å². The van der Waals surface area contributed by atoms with E-state index < -0.39 is 6.04 Å². The van der Waals surface area contributed by atoms with Crippen molar-refractivity contribution >= 4 is 5.91 Å². The van der Waals surface area contributed by atoms with E-state index in [1.165, 1.54) is 4.80 Å². The molecule has 1 aromatic carbocycles. The summed E-state index contributed by atoms with van der Waals surface area (Å²) in [6.07, 6.45) is 0. The average molecular weight is 303 g/mol. The van der Waals surface area contributed by atoms with Crippen molar-refractivity contribution in [2.75, 3.05) is 6.61 Å². The molecule has 118 valence electrons. The molecule has 22 heavy (non-hydrogen) atoms. The van der Waals surface area contributed by atoms with Crippen molar-refractivity contribution in [1.82, 2.24) is 25.5 Å². The second-order valence-corrected chi connectivity index (χ2v) is 5.43. The van der Waals surface area contributed by atoms with E-state index in [-0.39, 0.29) is 24.5 Å². The summed E-state index contributed by atoms with van der Waals surface area (Å²) in [5.41, 5.74) is 0.851. The van der Waals surface area contributed by atoms with Gasteiger partial charge in [0.05, 0.1) is 0 Å². The molecule has 0 aliphatic heterocycles. The number of aliphatic hydroxyl groups excluding tert-OH is 1. The van der Waals surface area contributed by atoms with Crippen LogP contribution >= 0.6 is 0 Å². The molecule has 0 aliphatic carbocycles. The number of nitrogens with one attached hydrogen (secondary N) is 1. The molecule has 7 nitrogen and oxygen atoms in total. The Balaban J connectivity index is 2.05. The van der Waals surface area contributed by atoms with Gasteiger partial charge in [0.15, 0.2) is 0 Å². The van der Waals surface area contributed by atoms with Crippen molar-refractivity contribution in [1.29, 1.82) is 0 Å². The number of hydrogen-bond donors (Lipinski definition) is 2. The Hall–Kier alpha value is -2.28. The highest BCUT2D eigenvalue weighted by molar-refractivity contribution is 5.79. The van der Waals surface area contributed by atoms with Gasteiger partial charge >= 0.3 is 0 Å². The van der Waals surface area contributed by atoms with E-state index in [2.05, 4.69) is 20.7 Å². The number of carbonyl (C=O) groups excluding carboxylic acids is 1. The van der Waals surface area contributed by atoms with Crippen molar-refractivity contribution in [2.45, 2.75) is 32.9 Å². The van der Waals surface area contributed by atoms with Gasteiger partial charge in [-0.15, -0.1) is 10.2 Å². The predicted octanol–water partition coefficient (Wildman–Crippen LogP) is 1.03. The summed E-state index contributed by atoms with van der Waals surface area (Å²) in [5.74, 6) is 0.265. The van der Waals surface area contributed by atoms with Crippen LogP contribution in [-0.4, -0.2) is 43.9 Å². The van der Waals surface area contributed by atoms with Gasteiger partial charge in [-0.3, -0.25) is 4.79 Å². The minimum atomic E-state index is -0.571. The maximum absolute atomic E-state index is 12.2. The molecule has 2 N–H and O–H groups in total. The summed E-state index contributed by atoms with van der Waals surface area (Å²) in [5, 5.41) is 24.2. The SMILES string of the molecule is CC(CO)C(C)NC(=O)C(C)n1nnc(-c2ccccc2)n1. The quantitative estimate of drug-likeness (QED) is 0.831. The van der Waals surface area contributed by atoms with Gasteiger partial charge in [-0.1, -0.05) is 37.3 Å². The third-order valence-electron chi connectivity index (χ3n) is 3.70. The van der Waals surface area contributed by atoms with Crippen molar-refractivity contribution < 1.29 is 9.90 Å². The summed E-state index contributed by atoms with van der Waals surface area (Å²) in [7, 11) is 0. The maximum atomic E-state index is 12.2. The summed E-state index contributed by atoms with van der Waals surface area (Å²) in [4.78, 5) is 13.5. The number of rotatable bonds is 6. The number of hydrogen-bond acceptors (Lipinski definition) is 5. The highest BCUT2D eigenvalue weighted by Gasteiger charge is 2.22. The fourth-order valence-corrected chi connectivity index (χ4v) is 1.84. The third-order valence-corrected chi connectivity index (χ3v) is 3.70. The minimum absolute atomic E-state index is 0.0141. The van der Waals surface area contributed by atoms with E-state index in [0.29, 0.717) is 5.82 Å². The molecule has 1 heterocycles. The lowest BCUT2D eigenvalue weighted by Crippen LogP contribution is -2.42. The summed E-state index contributed by atoms with van der Waals surface area (Å²) < 4.78 is 0. The number of nitrogens with zero attached hydrogens (tertiary/aromatic N) is 4. The van der Waals surface area contributed by atoms with Crippen LogP contribution in [0.3, 0.4) is 0 Å². The first kappa shape index (κ1) is 16.1. The van der Waals surface area contributed by atoms with Gasteiger partial charge in [0.2, 0.25) is 11.7 Å². The first-order chi connectivity index (χ1) is 10.5. The first-order valence-electron chi connectivity index (χ1n) is 7.29. The number of aliphatic hydroxyl groups is 1. The Morgan fingerprint density at radius 2 is 1.95 bits per heavy atom. The van der Waals surface area contributed by atoms with Gasteiger partial charge in [0.1, 0.15) is 6.04 Å². The van der Waals surface area contributed by atoms with Crippen LogP contribution < -0.4 is 5.32 Å². The topological polar surface area (TPSA) is 92.9 Å². The molecule has 0 radical (unpaired) electrons. The second-order valence-electron chi connectivity index (χ2n) is 5.43. The van der Waals surface area contributed by atoms with Gasteiger partial charge < -0.3 is 10.4 Å². The Bertz CT molecular complexity index is 613. The van der Waals surface area contributed by atoms with E-state index >= 15 is 0 Å². The van der Waals surface area contributed by atoms with Crippen LogP contribution in [0.5, 0.6) is 0 Å². The molecule has 0 fully saturated rings. The predicted molar refractivity (Wildman–Crippen MR) is 81.8 cm³/mol. The van der Waals surface area contributed by atoms with Gasteiger partial charge in [-0.2, -0.15) is 4.80 Å². The Morgan fingerprint density at radius 1 is 1.27 bits per heavy atom. The molecule has 0 spiro atoms. The van der Waals surface area contributed by atoms with E-state index in [9.17, 15) is 4.79 Å². The second kappa shape index (κ2) is 7.13. The summed E-state index contributed by atoms with van der Waals surface area (Å²) in [6, 6.07) is 8.77. The highest BCUT2D eigenvalue weighted by atomic mass is 16.3. The Labute approximate surface area is 129 Å². The Morgan fingerprint density at radius 3 is 2.59 bits per heavy atom. The maximum Gasteiger partial charge on any atom is 0.246 e. The largest absolute Gasteiger partial charge is 0.396 e. The number of tetrazole rings is 1. The fourth-order valence-electron chi connectivity index (χ4n) is 1.84. The van der Waals surface area contributed by atoms with Crippen molar-refractivity contribution in [2.24, 2.45) is 5.92 Å². The summed E-state index contributed by atoms with van der Waals surface area (Å²) in [6.45, 7) is 5.46. The molecule has 2 aromatic rings. The molecule has 1 amide bonds. The Kier molecular flexibility index (Phi) is 5.21. The van der Waals surface area contributed by atoms with Crippen LogP contribution in [0.25, 0.3) is 11.4 Å². The normalized spacial score (nSPS) is 15.1. The molecule has 2 rings (SSSR count). The van der Waals surface area contributed by atoms with Crippen LogP contribution in [0, 0.1) is 5.92 Å². The van der Waals surface area contributed by atoms with Crippen molar-refractivity contribution in [3.05, 3.63) is 30.3 Å². The smallest absolute Gasteiger partial charge is 0.246 e. The van der Waals surface area contributed by atoms with E-state index in [1.54, 1.807) is 6.92 Å².